The molecule has 0 spiro atoms. The van der Waals surface area contributed by atoms with E-state index in [4.69, 9.17) is 14.7 Å². The van der Waals surface area contributed by atoms with Crippen LogP contribution in [0.1, 0.15) is 5.56 Å². The number of fused-ring (bicyclic) bond motifs is 1. The Hall–Kier alpha value is -2.54. The highest BCUT2D eigenvalue weighted by molar-refractivity contribution is 5.69. The third kappa shape index (κ3) is 2.11. The van der Waals surface area contributed by atoms with Gasteiger partial charge in [-0.05, 0) is 35.9 Å². The van der Waals surface area contributed by atoms with E-state index in [9.17, 15) is 4.39 Å². The fourth-order valence-electron chi connectivity index (χ4n) is 2.03. The quantitative estimate of drug-likeness (QED) is 0.786. The fraction of sp³-hybridized carbons (Fsp3) is 0.133. The summed E-state index contributed by atoms with van der Waals surface area (Å²) in [6.07, 6.45) is 0. The first-order valence-electron chi connectivity index (χ1n) is 5.87. The Bertz CT molecular complexity index is 676. The van der Waals surface area contributed by atoms with Crippen molar-refractivity contribution in [3.63, 3.8) is 0 Å². The lowest BCUT2D eigenvalue weighted by molar-refractivity contribution is 0.171. The zero-order valence-electron chi connectivity index (χ0n) is 10.0. The monoisotopic (exact) mass is 255 g/mol. The number of ether oxygens (including phenoxy) is 2. The van der Waals surface area contributed by atoms with E-state index in [0.29, 0.717) is 41.4 Å². The molecule has 0 atom stereocenters. The molecule has 0 aromatic heterocycles. The number of rotatable bonds is 1. The number of nitrogens with zero attached hydrogens (tertiary/aromatic N) is 1. The predicted molar refractivity (Wildman–Crippen MR) is 67.5 cm³/mol. The van der Waals surface area contributed by atoms with Crippen LogP contribution < -0.4 is 9.47 Å². The van der Waals surface area contributed by atoms with Crippen molar-refractivity contribution in [2.24, 2.45) is 0 Å². The van der Waals surface area contributed by atoms with Gasteiger partial charge in [-0.2, -0.15) is 5.26 Å². The molecule has 0 unspecified atom stereocenters. The lowest BCUT2D eigenvalue weighted by atomic mass is 10.0. The maximum absolute atomic E-state index is 13.8. The Kier molecular flexibility index (Phi) is 2.81. The number of hydrogen-bond acceptors (Lipinski definition) is 3. The molecule has 2 aromatic rings. The van der Waals surface area contributed by atoms with Gasteiger partial charge in [0.25, 0.3) is 0 Å². The van der Waals surface area contributed by atoms with E-state index < -0.39 is 0 Å². The zero-order valence-corrected chi connectivity index (χ0v) is 10.0. The maximum atomic E-state index is 13.8. The molecule has 0 aliphatic carbocycles. The van der Waals surface area contributed by atoms with Crippen LogP contribution in [0, 0.1) is 17.1 Å². The second kappa shape index (κ2) is 4.62. The molecule has 0 saturated carbocycles. The zero-order chi connectivity index (χ0) is 13.2. The molecule has 0 saturated heterocycles. The van der Waals surface area contributed by atoms with E-state index in [1.165, 1.54) is 18.2 Å². The van der Waals surface area contributed by atoms with Crippen LogP contribution in [0.5, 0.6) is 11.5 Å². The molecule has 1 aliphatic heterocycles. The van der Waals surface area contributed by atoms with Gasteiger partial charge in [-0.3, -0.25) is 0 Å². The Morgan fingerprint density at radius 2 is 1.79 bits per heavy atom. The SMILES string of the molecule is N#Cc1ccc(F)c(-c2ccc3c(c2)OCCO3)c1. The van der Waals surface area contributed by atoms with Gasteiger partial charge >= 0.3 is 0 Å². The third-order valence-electron chi connectivity index (χ3n) is 2.95. The predicted octanol–water partition coefficient (Wildman–Crippen LogP) is 3.14. The van der Waals surface area contributed by atoms with Crippen LogP contribution in [0.3, 0.4) is 0 Å². The molecule has 0 bridgehead atoms. The number of benzene rings is 2. The van der Waals surface area contributed by atoms with E-state index in [0.717, 1.165) is 0 Å². The van der Waals surface area contributed by atoms with Gasteiger partial charge in [-0.25, -0.2) is 4.39 Å². The van der Waals surface area contributed by atoms with E-state index in [1.54, 1.807) is 18.2 Å². The normalized spacial score (nSPS) is 12.8. The highest BCUT2D eigenvalue weighted by atomic mass is 19.1. The first-order chi connectivity index (χ1) is 9.28. The molecular formula is C15H10FNO2. The van der Waals surface area contributed by atoms with Crippen LogP contribution in [0.25, 0.3) is 11.1 Å². The number of hydrogen-bond donors (Lipinski definition) is 0. The second-order valence-corrected chi connectivity index (χ2v) is 4.16. The second-order valence-electron chi connectivity index (χ2n) is 4.16. The van der Waals surface area contributed by atoms with E-state index in [1.807, 2.05) is 6.07 Å². The minimum atomic E-state index is -0.365. The van der Waals surface area contributed by atoms with Crippen LogP contribution in [-0.4, -0.2) is 13.2 Å². The van der Waals surface area contributed by atoms with Gasteiger partial charge < -0.3 is 9.47 Å². The summed E-state index contributed by atoms with van der Waals surface area (Å²) >= 11 is 0. The Morgan fingerprint density at radius 1 is 1.00 bits per heavy atom. The molecule has 1 aliphatic rings. The Labute approximate surface area is 109 Å². The molecular weight excluding hydrogens is 245 g/mol. The highest BCUT2D eigenvalue weighted by Gasteiger charge is 2.14. The average molecular weight is 255 g/mol. The van der Waals surface area contributed by atoms with Gasteiger partial charge in [-0.1, -0.05) is 6.07 Å². The fourth-order valence-corrected chi connectivity index (χ4v) is 2.03. The molecule has 0 N–H and O–H groups in total. The summed E-state index contributed by atoms with van der Waals surface area (Å²) in [7, 11) is 0. The average Bonchev–Trinajstić information content (AvgIpc) is 2.47. The van der Waals surface area contributed by atoms with Crippen molar-refractivity contribution >= 4 is 0 Å². The third-order valence-corrected chi connectivity index (χ3v) is 2.95. The Morgan fingerprint density at radius 3 is 2.58 bits per heavy atom. The summed E-state index contributed by atoms with van der Waals surface area (Å²) in [5, 5.41) is 8.87. The van der Waals surface area contributed by atoms with Crippen LogP contribution in [0.15, 0.2) is 36.4 Å². The lowest BCUT2D eigenvalue weighted by Gasteiger charge is -2.19. The van der Waals surface area contributed by atoms with Crippen molar-refractivity contribution in [2.75, 3.05) is 13.2 Å². The van der Waals surface area contributed by atoms with Crippen LogP contribution in [-0.2, 0) is 0 Å². The first kappa shape index (κ1) is 11.5. The summed E-state index contributed by atoms with van der Waals surface area (Å²) in [5.41, 5.74) is 1.47. The molecule has 3 nitrogen and oxygen atoms in total. The van der Waals surface area contributed by atoms with E-state index >= 15 is 0 Å². The molecule has 19 heavy (non-hydrogen) atoms. The number of nitriles is 1. The summed E-state index contributed by atoms with van der Waals surface area (Å²) in [6.45, 7) is 1.00. The van der Waals surface area contributed by atoms with Gasteiger partial charge in [-0.15, -0.1) is 0 Å². The summed E-state index contributed by atoms with van der Waals surface area (Å²) in [5.74, 6) is 0.896. The minimum absolute atomic E-state index is 0.365. The van der Waals surface area contributed by atoms with Crippen molar-refractivity contribution in [1.29, 1.82) is 5.26 Å². The Balaban J connectivity index is 2.09. The highest BCUT2D eigenvalue weighted by Crippen LogP contribution is 2.35. The van der Waals surface area contributed by atoms with Crippen molar-refractivity contribution < 1.29 is 13.9 Å². The van der Waals surface area contributed by atoms with Crippen LogP contribution in [0.4, 0.5) is 4.39 Å². The maximum Gasteiger partial charge on any atom is 0.161 e. The molecule has 0 amide bonds. The topological polar surface area (TPSA) is 42.2 Å². The van der Waals surface area contributed by atoms with Gasteiger partial charge in [0.05, 0.1) is 11.6 Å². The smallest absolute Gasteiger partial charge is 0.161 e. The van der Waals surface area contributed by atoms with Crippen LogP contribution >= 0.6 is 0 Å². The standard InChI is InChI=1S/C15H10FNO2/c16-13-3-1-10(9-17)7-12(13)11-2-4-14-15(8-11)19-6-5-18-14/h1-4,7-8H,5-6H2. The van der Waals surface area contributed by atoms with Crippen molar-refractivity contribution in [3.8, 4) is 28.7 Å². The summed E-state index contributed by atoms with van der Waals surface area (Å²) < 4.78 is 24.7. The van der Waals surface area contributed by atoms with Crippen molar-refractivity contribution in [3.05, 3.63) is 47.8 Å². The molecule has 3 rings (SSSR count). The lowest BCUT2D eigenvalue weighted by Crippen LogP contribution is -2.15. The van der Waals surface area contributed by atoms with Gasteiger partial charge in [0.2, 0.25) is 0 Å². The van der Waals surface area contributed by atoms with E-state index in [2.05, 4.69) is 0 Å². The van der Waals surface area contributed by atoms with Gasteiger partial charge in [0.1, 0.15) is 19.0 Å². The number of halogens is 1. The largest absolute Gasteiger partial charge is 0.486 e. The molecule has 0 radical (unpaired) electrons. The van der Waals surface area contributed by atoms with Crippen LogP contribution in [0.2, 0.25) is 0 Å². The molecule has 4 heteroatoms. The molecule has 0 fully saturated rings. The van der Waals surface area contributed by atoms with Gasteiger partial charge in [0.15, 0.2) is 11.5 Å². The molecule has 2 aromatic carbocycles. The van der Waals surface area contributed by atoms with Gasteiger partial charge in [0, 0.05) is 5.56 Å². The van der Waals surface area contributed by atoms with Crippen molar-refractivity contribution in [2.45, 2.75) is 0 Å². The van der Waals surface area contributed by atoms with E-state index in [-0.39, 0.29) is 5.82 Å². The summed E-state index contributed by atoms with van der Waals surface area (Å²) in [4.78, 5) is 0. The van der Waals surface area contributed by atoms with Crippen molar-refractivity contribution in [1.82, 2.24) is 0 Å². The molecule has 94 valence electrons. The summed E-state index contributed by atoms with van der Waals surface area (Å²) in [6, 6.07) is 11.5. The first-order valence-corrected chi connectivity index (χ1v) is 5.87. The minimum Gasteiger partial charge on any atom is -0.486 e. The molecule has 1 heterocycles.